The minimum atomic E-state index is -0.659. The van der Waals surface area contributed by atoms with Gasteiger partial charge in [-0.25, -0.2) is 0 Å². The van der Waals surface area contributed by atoms with E-state index in [2.05, 4.69) is 26.9 Å². The highest BCUT2D eigenvalue weighted by molar-refractivity contribution is 9.10. The number of hydrogen-bond acceptors (Lipinski definition) is 4. The van der Waals surface area contributed by atoms with Crippen LogP contribution in [0.5, 0.6) is 5.75 Å². The lowest BCUT2D eigenvalue weighted by Crippen LogP contribution is -2.38. The van der Waals surface area contributed by atoms with Crippen molar-refractivity contribution in [2.45, 2.75) is 19.1 Å². The van der Waals surface area contributed by atoms with E-state index in [0.29, 0.717) is 6.54 Å². The quantitative estimate of drug-likeness (QED) is 0.876. The van der Waals surface area contributed by atoms with Gasteiger partial charge in [0.05, 0.1) is 24.3 Å². The van der Waals surface area contributed by atoms with E-state index in [0.717, 1.165) is 29.7 Å². The Bertz CT molecular complexity index is 425. The zero-order chi connectivity index (χ0) is 13.1. The number of nitrogens with zero attached hydrogens (tertiary/aromatic N) is 1. The molecule has 2 N–H and O–H groups in total. The summed E-state index contributed by atoms with van der Waals surface area (Å²) in [5.74, 6) is 0.859. The molecule has 0 aliphatic carbocycles. The van der Waals surface area contributed by atoms with Crippen molar-refractivity contribution in [1.29, 1.82) is 0 Å². The van der Waals surface area contributed by atoms with Crippen molar-refractivity contribution in [2.75, 3.05) is 26.8 Å². The van der Waals surface area contributed by atoms with Crippen LogP contribution in [0.2, 0.25) is 0 Å². The molecular weight excluding hydrogens is 298 g/mol. The largest absolute Gasteiger partial charge is 0.496 e. The van der Waals surface area contributed by atoms with Gasteiger partial charge >= 0.3 is 0 Å². The Morgan fingerprint density at radius 1 is 1.50 bits per heavy atom. The Morgan fingerprint density at radius 2 is 2.28 bits per heavy atom. The van der Waals surface area contributed by atoms with E-state index >= 15 is 0 Å². The van der Waals surface area contributed by atoms with E-state index < -0.39 is 6.10 Å². The third kappa shape index (κ3) is 2.85. The fourth-order valence-electron chi connectivity index (χ4n) is 2.32. The second kappa shape index (κ2) is 6.02. The van der Waals surface area contributed by atoms with Crippen LogP contribution in [0.15, 0.2) is 16.6 Å². The lowest BCUT2D eigenvalue weighted by atomic mass is 9.99. The highest BCUT2D eigenvalue weighted by atomic mass is 79.9. The highest BCUT2D eigenvalue weighted by Crippen LogP contribution is 2.34. The van der Waals surface area contributed by atoms with Gasteiger partial charge in [0.25, 0.3) is 0 Å². The molecule has 2 rings (SSSR count). The molecule has 4 nitrogen and oxygen atoms in total. The first kappa shape index (κ1) is 13.8. The average molecular weight is 316 g/mol. The first-order valence-electron chi connectivity index (χ1n) is 6.01. The van der Waals surface area contributed by atoms with Crippen molar-refractivity contribution in [1.82, 2.24) is 4.90 Å². The van der Waals surface area contributed by atoms with Crippen LogP contribution < -0.4 is 4.74 Å². The van der Waals surface area contributed by atoms with Crippen LogP contribution in [-0.2, 0) is 13.0 Å². The number of hydrogen-bond donors (Lipinski definition) is 2. The van der Waals surface area contributed by atoms with Crippen LogP contribution in [0, 0.1) is 0 Å². The summed E-state index contributed by atoms with van der Waals surface area (Å²) in [7, 11) is 1.67. The number of methoxy groups -OCH3 is 1. The second-order valence-corrected chi connectivity index (χ2v) is 5.33. The van der Waals surface area contributed by atoms with Gasteiger partial charge < -0.3 is 14.9 Å². The Balaban J connectivity index is 2.13. The number of fused-ring (bicyclic) bond motifs is 1. The predicted octanol–water partition coefficient (Wildman–Crippen LogP) is 1.17. The molecule has 0 saturated heterocycles. The number of rotatable bonds is 4. The summed E-state index contributed by atoms with van der Waals surface area (Å²) >= 11 is 3.58. The minimum absolute atomic E-state index is 0.185. The van der Waals surface area contributed by atoms with E-state index in [-0.39, 0.29) is 6.61 Å². The van der Waals surface area contributed by atoms with Crippen LogP contribution in [-0.4, -0.2) is 48.0 Å². The predicted molar refractivity (Wildman–Crippen MR) is 72.8 cm³/mol. The molecule has 100 valence electrons. The summed E-state index contributed by atoms with van der Waals surface area (Å²) < 4.78 is 6.32. The molecule has 1 aromatic rings. The van der Waals surface area contributed by atoms with E-state index in [1.165, 1.54) is 11.1 Å². The van der Waals surface area contributed by atoms with Gasteiger partial charge in [0.15, 0.2) is 0 Å². The van der Waals surface area contributed by atoms with Crippen molar-refractivity contribution in [3.63, 3.8) is 0 Å². The molecule has 0 saturated carbocycles. The van der Waals surface area contributed by atoms with E-state index in [4.69, 9.17) is 9.84 Å². The standard InChI is InChI=1S/C13H18BrNO3/c1-18-12-3-2-9-6-15(7-10(17)8-16)5-4-11(9)13(12)14/h2-3,10,16-17H,4-8H2,1H3. The summed E-state index contributed by atoms with van der Waals surface area (Å²) in [6.07, 6.45) is 0.263. The number of halogens is 1. The number of ether oxygens (including phenoxy) is 1. The Labute approximate surface area is 115 Å². The van der Waals surface area contributed by atoms with Crippen molar-refractivity contribution < 1.29 is 14.9 Å². The molecule has 0 aromatic heterocycles. The number of benzene rings is 1. The SMILES string of the molecule is COc1ccc2c(c1Br)CCN(CC(O)CO)C2. The fraction of sp³-hybridized carbons (Fsp3) is 0.538. The molecule has 1 unspecified atom stereocenters. The summed E-state index contributed by atoms with van der Waals surface area (Å²) in [5, 5.41) is 18.3. The zero-order valence-corrected chi connectivity index (χ0v) is 12.0. The van der Waals surface area contributed by atoms with Gasteiger partial charge in [-0.2, -0.15) is 0 Å². The van der Waals surface area contributed by atoms with Crippen LogP contribution in [0.3, 0.4) is 0 Å². The van der Waals surface area contributed by atoms with Gasteiger partial charge in [-0.05, 0) is 39.5 Å². The molecule has 0 radical (unpaired) electrons. The van der Waals surface area contributed by atoms with Gasteiger partial charge in [0, 0.05) is 19.6 Å². The van der Waals surface area contributed by atoms with Crippen LogP contribution >= 0.6 is 15.9 Å². The van der Waals surface area contributed by atoms with Crippen molar-refractivity contribution in [3.8, 4) is 5.75 Å². The van der Waals surface area contributed by atoms with Gasteiger partial charge in [0.2, 0.25) is 0 Å². The van der Waals surface area contributed by atoms with Crippen molar-refractivity contribution >= 4 is 15.9 Å². The average Bonchev–Trinajstić information content (AvgIpc) is 2.39. The van der Waals surface area contributed by atoms with Crippen LogP contribution in [0.1, 0.15) is 11.1 Å². The summed E-state index contributed by atoms with van der Waals surface area (Å²) in [4.78, 5) is 2.15. The van der Waals surface area contributed by atoms with Crippen molar-refractivity contribution in [2.24, 2.45) is 0 Å². The molecule has 1 atom stereocenters. The molecule has 1 aliphatic heterocycles. The lowest BCUT2D eigenvalue weighted by Gasteiger charge is -2.30. The Hall–Kier alpha value is -0.620. The molecule has 0 amide bonds. The lowest BCUT2D eigenvalue weighted by molar-refractivity contribution is 0.0550. The van der Waals surface area contributed by atoms with Gasteiger partial charge in [-0.1, -0.05) is 6.07 Å². The summed E-state index contributed by atoms with van der Waals surface area (Å²) in [5.41, 5.74) is 2.53. The molecule has 0 spiro atoms. The minimum Gasteiger partial charge on any atom is -0.496 e. The molecule has 1 aromatic carbocycles. The highest BCUT2D eigenvalue weighted by Gasteiger charge is 2.21. The molecule has 18 heavy (non-hydrogen) atoms. The summed E-state index contributed by atoms with van der Waals surface area (Å²) in [6.45, 7) is 2.01. The second-order valence-electron chi connectivity index (χ2n) is 4.54. The smallest absolute Gasteiger partial charge is 0.133 e. The maximum Gasteiger partial charge on any atom is 0.133 e. The van der Waals surface area contributed by atoms with Crippen molar-refractivity contribution in [3.05, 3.63) is 27.7 Å². The summed E-state index contributed by atoms with van der Waals surface area (Å²) in [6, 6.07) is 4.02. The first-order chi connectivity index (χ1) is 8.65. The Morgan fingerprint density at radius 3 is 2.94 bits per heavy atom. The third-order valence-electron chi connectivity index (χ3n) is 3.28. The zero-order valence-electron chi connectivity index (χ0n) is 10.4. The fourth-order valence-corrected chi connectivity index (χ4v) is 3.06. The Kier molecular flexibility index (Phi) is 4.61. The monoisotopic (exact) mass is 315 g/mol. The van der Waals surface area contributed by atoms with E-state index in [9.17, 15) is 5.11 Å². The molecule has 0 bridgehead atoms. The van der Waals surface area contributed by atoms with Gasteiger partial charge in [-0.3, -0.25) is 4.90 Å². The van der Waals surface area contributed by atoms with E-state index in [1.807, 2.05) is 6.07 Å². The molecule has 0 fully saturated rings. The number of aliphatic hydroxyl groups excluding tert-OH is 2. The third-order valence-corrected chi connectivity index (χ3v) is 4.15. The first-order valence-corrected chi connectivity index (χ1v) is 6.80. The van der Waals surface area contributed by atoms with Gasteiger partial charge in [0.1, 0.15) is 5.75 Å². The number of aliphatic hydroxyl groups is 2. The topological polar surface area (TPSA) is 52.9 Å². The molecular formula is C13H18BrNO3. The molecule has 5 heteroatoms. The van der Waals surface area contributed by atoms with Crippen LogP contribution in [0.25, 0.3) is 0 Å². The normalized spacial score (nSPS) is 17.3. The maximum absolute atomic E-state index is 9.47. The maximum atomic E-state index is 9.47. The molecule has 1 heterocycles. The van der Waals surface area contributed by atoms with Gasteiger partial charge in [-0.15, -0.1) is 0 Å². The number of β-amino-alcohol motifs (C(OH)–C–C–N with tert-alkyl or cyclic N) is 1. The van der Waals surface area contributed by atoms with E-state index in [1.54, 1.807) is 7.11 Å². The molecule has 1 aliphatic rings. The van der Waals surface area contributed by atoms with Crippen LogP contribution in [0.4, 0.5) is 0 Å².